The number of hydrogen-bond donors (Lipinski definition) is 3. The number of rotatable bonds is 4. The molecule has 3 N–H and O–H groups in total. The van der Waals surface area contributed by atoms with Crippen LogP contribution in [0.5, 0.6) is 0 Å². The van der Waals surface area contributed by atoms with Gasteiger partial charge in [0.2, 0.25) is 0 Å². The number of pyridine rings is 1. The quantitative estimate of drug-likeness (QED) is 0.534. The van der Waals surface area contributed by atoms with Crippen LogP contribution < -0.4 is 5.32 Å². The molecule has 0 atom stereocenters. The Balaban J connectivity index is 2.41. The number of nitrogens with one attached hydrogen (secondary N) is 1. The zero-order chi connectivity index (χ0) is 10.4. The summed E-state index contributed by atoms with van der Waals surface area (Å²) in [6.07, 6.45) is 1.69. The Labute approximate surface area is 82.2 Å². The first-order chi connectivity index (χ1) is 6.72. The van der Waals surface area contributed by atoms with Crippen LogP contribution in [0, 0.1) is 11.3 Å². The molecule has 0 aromatic carbocycles. The Hall–Kier alpha value is -1.42. The van der Waals surface area contributed by atoms with Gasteiger partial charge in [-0.1, -0.05) is 6.07 Å². The molecule has 5 nitrogen and oxygen atoms in total. The van der Waals surface area contributed by atoms with E-state index >= 15 is 0 Å². The third-order valence-corrected chi connectivity index (χ3v) is 1.60. The molecule has 0 bridgehead atoms. The third-order valence-electron chi connectivity index (χ3n) is 1.60. The summed E-state index contributed by atoms with van der Waals surface area (Å²) in [5, 5.41) is 28.4. The molecule has 1 rings (SSSR count). The molecule has 0 radical (unpaired) electrons. The number of hydrogen-bond acceptors (Lipinski definition) is 5. The molecule has 0 amide bonds. The topological polar surface area (TPSA) is 89.2 Å². The number of aromatic nitrogens is 1. The van der Waals surface area contributed by atoms with Gasteiger partial charge in [-0.25, -0.2) is 4.98 Å². The maximum Gasteiger partial charge on any atom is 0.466 e. The summed E-state index contributed by atoms with van der Waals surface area (Å²) in [6.45, 7) is 0.496. The first kappa shape index (κ1) is 10.7. The van der Waals surface area contributed by atoms with Crippen LogP contribution in [0.15, 0.2) is 18.3 Å². The van der Waals surface area contributed by atoms with Gasteiger partial charge in [0, 0.05) is 19.2 Å². The van der Waals surface area contributed by atoms with Crippen molar-refractivity contribution in [1.29, 1.82) is 5.26 Å². The normalized spacial score (nSPS) is 9.50. The molecular weight excluding hydrogens is 181 g/mol. The van der Waals surface area contributed by atoms with E-state index in [1.165, 1.54) is 0 Å². The van der Waals surface area contributed by atoms with Crippen molar-refractivity contribution in [3.05, 3.63) is 29.6 Å². The van der Waals surface area contributed by atoms with E-state index in [1.807, 2.05) is 6.07 Å². The molecule has 1 aromatic rings. The number of nitriles is 1. The second-order valence-electron chi connectivity index (χ2n) is 2.78. The number of nitrogens with zero attached hydrogens (tertiary/aromatic N) is 2. The van der Waals surface area contributed by atoms with E-state index in [0.29, 0.717) is 12.2 Å². The highest BCUT2D eigenvalue weighted by molar-refractivity contribution is 6.41. The maximum atomic E-state index is 8.55. The van der Waals surface area contributed by atoms with E-state index in [1.54, 1.807) is 18.3 Å². The zero-order valence-electron chi connectivity index (χ0n) is 7.51. The molecule has 0 unspecified atom stereocenters. The van der Waals surface area contributed by atoms with E-state index in [0.717, 1.165) is 5.56 Å². The molecule has 0 aliphatic rings. The van der Waals surface area contributed by atoms with E-state index in [2.05, 4.69) is 10.3 Å². The molecule has 6 heteroatoms. The fourth-order valence-electron chi connectivity index (χ4n) is 0.941. The Bertz CT molecular complexity index is 320. The second kappa shape index (κ2) is 5.34. The SMILES string of the molecule is N#Cc1ccc(CNCB(O)O)cn1. The molecule has 0 aliphatic carbocycles. The zero-order valence-corrected chi connectivity index (χ0v) is 7.51. The molecule has 0 fully saturated rings. The van der Waals surface area contributed by atoms with E-state index in [4.69, 9.17) is 15.3 Å². The predicted octanol–water partition coefficient (Wildman–Crippen LogP) is -0.945. The molecule has 1 aromatic heterocycles. The van der Waals surface area contributed by atoms with Gasteiger partial charge in [-0.15, -0.1) is 0 Å². The summed E-state index contributed by atoms with van der Waals surface area (Å²) in [5.74, 6) is 0. The second-order valence-corrected chi connectivity index (χ2v) is 2.78. The smallest absolute Gasteiger partial charge is 0.426 e. The minimum atomic E-state index is -1.35. The van der Waals surface area contributed by atoms with E-state index in [-0.39, 0.29) is 6.44 Å². The Kier molecular flexibility index (Phi) is 4.07. The molecule has 0 saturated heterocycles. The van der Waals surface area contributed by atoms with Gasteiger partial charge in [0.05, 0.1) is 0 Å². The minimum absolute atomic E-state index is 0.111. The van der Waals surface area contributed by atoms with Crippen LogP contribution in [0.1, 0.15) is 11.3 Å². The van der Waals surface area contributed by atoms with Crippen molar-refractivity contribution in [3.63, 3.8) is 0 Å². The van der Waals surface area contributed by atoms with Crippen LogP contribution in [0.3, 0.4) is 0 Å². The van der Waals surface area contributed by atoms with Gasteiger partial charge < -0.3 is 15.4 Å². The maximum absolute atomic E-state index is 8.55. The lowest BCUT2D eigenvalue weighted by Gasteiger charge is -2.02. The van der Waals surface area contributed by atoms with E-state index < -0.39 is 7.12 Å². The van der Waals surface area contributed by atoms with Crippen molar-refractivity contribution in [2.24, 2.45) is 0 Å². The van der Waals surface area contributed by atoms with Crippen molar-refractivity contribution in [3.8, 4) is 6.07 Å². The molecule has 0 saturated carbocycles. The van der Waals surface area contributed by atoms with Crippen molar-refractivity contribution >= 4 is 7.12 Å². The van der Waals surface area contributed by atoms with Crippen LogP contribution in [0.25, 0.3) is 0 Å². The summed E-state index contributed by atoms with van der Waals surface area (Å²) in [5.41, 5.74) is 1.26. The lowest BCUT2D eigenvalue weighted by Crippen LogP contribution is -2.30. The fraction of sp³-hybridized carbons (Fsp3) is 0.250. The molecular formula is C8H10BN3O2. The van der Waals surface area contributed by atoms with Crippen molar-refractivity contribution < 1.29 is 10.0 Å². The molecule has 14 heavy (non-hydrogen) atoms. The monoisotopic (exact) mass is 191 g/mol. The van der Waals surface area contributed by atoms with Gasteiger partial charge in [0.25, 0.3) is 0 Å². The Morgan fingerprint density at radius 1 is 1.50 bits per heavy atom. The van der Waals surface area contributed by atoms with Crippen LogP contribution in [0.4, 0.5) is 0 Å². The van der Waals surface area contributed by atoms with Gasteiger partial charge in [0.1, 0.15) is 11.8 Å². The lowest BCUT2D eigenvalue weighted by atomic mass is 9.92. The Morgan fingerprint density at radius 2 is 2.29 bits per heavy atom. The Morgan fingerprint density at radius 3 is 2.79 bits per heavy atom. The summed E-state index contributed by atoms with van der Waals surface area (Å²) >= 11 is 0. The average Bonchev–Trinajstić information content (AvgIpc) is 2.18. The third kappa shape index (κ3) is 3.54. The van der Waals surface area contributed by atoms with Crippen LogP contribution >= 0.6 is 0 Å². The van der Waals surface area contributed by atoms with Crippen molar-refractivity contribution in [1.82, 2.24) is 10.3 Å². The first-order valence-corrected chi connectivity index (χ1v) is 4.14. The van der Waals surface area contributed by atoms with E-state index in [9.17, 15) is 0 Å². The highest BCUT2D eigenvalue weighted by atomic mass is 16.4. The summed E-state index contributed by atoms with van der Waals surface area (Å²) in [7, 11) is -1.35. The predicted molar refractivity (Wildman–Crippen MR) is 50.9 cm³/mol. The fourth-order valence-corrected chi connectivity index (χ4v) is 0.941. The van der Waals surface area contributed by atoms with Gasteiger partial charge in [-0.05, 0) is 11.6 Å². The summed E-state index contributed by atoms with van der Waals surface area (Å²) < 4.78 is 0. The van der Waals surface area contributed by atoms with Crippen molar-refractivity contribution in [2.45, 2.75) is 6.54 Å². The van der Waals surface area contributed by atoms with Crippen LogP contribution in [0.2, 0.25) is 0 Å². The van der Waals surface area contributed by atoms with Gasteiger partial charge >= 0.3 is 7.12 Å². The minimum Gasteiger partial charge on any atom is -0.426 e. The summed E-state index contributed by atoms with van der Waals surface area (Å²) in [4.78, 5) is 3.87. The average molecular weight is 191 g/mol. The molecule has 0 aliphatic heterocycles. The standard InChI is InChI=1S/C8H10BN3O2/c10-3-8-2-1-7(5-12-8)4-11-6-9(13)14/h1-2,5,11,13-14H,4,6H2. The summed E-state index contributed by atoms with van der Waals surface area (Å²) in [6, 6.07) is 5.30. The lowest BCUT2D eigenvalue weighted by molar-refractivity contribution is 0.399. The highest BCUT2D eigenvalue weighted by Crippen LogP contribution is 1.98. The van der Waals surface area contributed by atoms with Crippen LogP contribution in [-0.4, -0.2) is 28.6 Å². The molecule has 0 spiro atoms. The largest absolute Gasteiger partial charge is 0.466 e. The van der Waals surface area contributed by atoms with Gasteiger partial charge in [0.15, 0.2) is 0 Å². The van der Waals surface area contributed by atoms with Crippen LogP contribution in [-0.2, 0) is 6.54 Å². The highest BCUT2D eigenvalue weighted by Gasteiger charge is 2.04. The van der Waals surface area contributed by atoms with Crippen molar-refractivity contribution in [2.75, 3.05) is 6.44 Å². The first-order valence-electron chi connectivity index (χ1n) is 4.14. The van der Waals surface area contributed by atoms with Gasteiger partial charge in [-0.3, -0.25) is 0 Å². The van der Waals surface area contributed by atoms with Gasteiger partial charge in [-0.2, -0.15) is 5.26 Å². The molecule has 1 heterocycles. The molecule has 72 valence electrons.